The van der Waals surface area contributed by atoms with Crippen LogP contribution in [0.2, 0.25) is 0 Å². The average molecular weight is 498 g/mol. The van der Waals surface area contributed by atoms with Crippen molar-refractivity contribution in [3.05, 3.63) is 75.7 Å². The van der Waals surface area contributed by atoms with Gasteiger partial charge in [0, 0.05) is 16.4 Å². The SMILES string of the molecule is CCCCN1C(=O)C(O)=C(C(=O)c2cc3cc(Br)ccc3o2)C1c1ccc(OCC)cc1. The summed E-state index contributed by atoms with van der Waals surface area (Å²) in [5.74, 6) is -0.780. The average Bonchev–Trinajstić information content (AvgIpc) is 3.31. The third-order valence-corrected chi connectivity index (χ3v) is 6.00. The molecule has 0 aliphatic carbocycles. The van der Waals surface area contributed by atoms with Crippen LogP contribution >= 0.6 is 15.9 Å². The molecule has 0 radical (unpaired) electrons. The van der Waals surface area contributed by atoms with Crippen LogP contribution in [-0.4, -0.2) is 34.8 Å². The normalized spacial score (nSPS) is 16.3. The van der Waals surface area contributed by atoms with Crippen LogP contribution in [0.3, 0.4) is 0 Å². The van der Waals surface area contributed by atoms with E-state index < -0.39 is 23.5 Å². The van der Waals surface area contributed by atoms with Crippen molar-refractivity contribution in [1.29, 1.82) is 0 Å². The molecular weight excluding hydrogens is 474 g/mol. The maximum atomic E-state index is 13.5. The maximum absolute atomic E-state index is 13.5. The third kappa shape index (κ3) is 4.05. The fourth-order valence-electron chi connectivity index (χ4n) is 3.96. The van der Waals surface area contributed by atoms with Crippen LogP contribution in [-0.2, 0) is 4.79 Å². The Morgan fingerprint density at radius 3 is 2.59 bits per heavy atom. The molecule has 6 nitrogen and oxygen atoms in total. The van der Waals surface area contributed by atoms with Gasteiger partial charge in [0.25, 0.3) is 5.91 Å². The topological polar surface area (TPSA) is 80.0 Å². The molecule has 0 saturated carbocycles. The zero-order valence-electron chi connectivity index (χ0n) is 17.9. The van der Waals surface area contributed by atoms with E-state index in [0.29, 0.717) is 24.5 Å². The second-order valence-electron chi connectivity index (χ2n) is 7.64. The molecular formula is C25H24BrNO5. The van der Waals surface area contributed by atoms with Crippen molar-refractivity contribution in [2.75, 3.05) is 13.2 Å². The number of hydrogen-bond acceptors (Lipinski definition) is 5. The molecule has 0 saturated heterocycles. The van der Waals surface area contributed by atoms with Gasteiger partial charge in [-0.3, -0.25) is 9.59 Å². The maximum Gasteiger partial charge on any atom is 0.290 e. The first-order chi connectivity index (χ1) is 15.4. The molecule has 166 valence electrons. The number of ketones is 1. The van der Waals surface area contributed by atoms with Crippen LogP contribution in [0, 0.1) is 0 Å². The molecule has 0 fully saturated rings. The van der Waals surface area contributed by atoms with Crippen molar-refractivity contribution < 1.29 is 23.8 Å². The van der Waals surface area contributed by atoms with Crippen molar-refractivity contribution in [2.24, 2.45) is 0 Å². The number of carbonyl (C=O) groups excluding carboxylic acids is 2. The minimum Gasteiger partial charge on any atom is -0.503 e. The van der Waals surface area contributed by atoms with E-state index in [-0.39, 0.29) is 11.3 Å². The monoisotopic (exact) mass is 497 g/mol. The van der Waals surface area contributed by atoms with E-state index in [2.05, 4.69) is 15.9 Å². The highest BCUT2D eigenvalue weighted by Crippen LogP contribution is 2.40. The van der Waals surface area contributed by atoms with Gasteiger partial charge in [0.15, 0.2) is 11.5 Å². The first-order valence-electron chi connectivity index (χ1n) is 10.6. The van der Waals surface area contributed by atoms with Gasteiger partial charge in [-0.1, -0.05) is 41.4 Å². The van der Waals surface area contributed by atoms with Gasteiger partial charge in [-0.05, 0) is 55.3 Å². The predicted octanol–water partition coefficient (Wildman–Crippen LogP) is 5.97. The van der Waals surface area contributed by atoms with E-state index in [0.717, 1.165) is 28.3 Å². The molecule has 0 bridgehead atoms. The first kappa shape index (κ1) is 22.1. The highest BCUT2D eigenvalue weighted by Gasteiger charge is 2.44. The lowest BCUT2D eigenvalue weighted by atomic mass is 9.95. The van der Waals surface area contributed by atoms with Crippen molar-refractivity contribution in [3.63, 3.8) is 0 Å². The summed E-state index contributed by atoms with van der Waals surface area (Å²) in [7, 11) is 0. The van der Waals surface area contributed by atoms with Crippen LogP contribution in [0.5, 0.6) is 5.75 Å². The number of benzene rings is 2. The van der Waals surface area contributed by atoms with Crippen molar-refractivity contribution in [1.82, 2.24) is 4.90 Å². The lowest BCUT2D eigenvalue weighted by Gasteiger charge is -2.26. The van der Waals surface area contributed by atoms with Gasteiger partial charge in [0.05, 0.1) is 18.2 Å². The smallest absolute Gasteiger partial charge is 0.290 e. The van der Waals surface area contributed by atoms with E-state index in [4.69, 9.17) is 9.15 Å². The van der Waals surface area contributed by atoms with Crippen molar-refractivity contribution >= 4 is 38.6 Å². The zero-order chi connectivity index (χ0) is 22.8. The Hall–Kier alpha value is -3.06. The van der Waals surface area contributed by atoms with Crippen molar-refractivity contribution in [3.8, 4) is 5.75 Å². The lowest BCUT2D eigenvalue weighted by Crippen LogP contribution is -2.32. The second-order valence-corrected chi connectivity index (χ2v) is 8.56. The molecule has 4 rings (SSSR count). The van der Waals surface area contributed by atoms with Crippen molar-refractivity contribution in [2.45, 2.75) is 32.7 Å². The molecule has 1 amide bonds. The van der Waals surface area contributed by atoms with Crippen LogP contribution in [0.1, 0.15) is 48.8 Å². The Balaban J connectivity index is 1.76. The number of hydrogen-bond donors (Lipinski definition) is 1. The number of fused-ring (bicyclic) bond motifs is 1. The summed E-state index contributed by atoms with van der Waals surface area (Å²) in [4.78, 5) is 28.0. The minimum atomic E-state index is -0.697. The molecule has 32 heavy (non-hydrogen) atoms. The summed E-state index contributed by atoms with van der Waals surface area (Å²) in [6.45, 7) is 4.90. The van der Waals surface area contributed by atoms with Gasteiger partial charge < -0.3 is 19.2 Å². The Morgan fingerprint density at radius 1 is 1.16 bits per heavy atom. The first-order valence-corrected chi connectivity index (χ1v) is 11.4. The lowest BCUT2D eigenvalue weighted by molar-refractivity contribution is -0.129. The fraction of sp³-hybridized carbons (Fsp3) is 0.280. The number of rotatable bonds is 8. The number of aliphatic hydroxyl groups excluding tert-OH is 1. The molecule has 2 aromatic carbocycles. The van der Waals surface area contributed by atoms with Crippen LogP contribution < -0.4 is 4.74 Å². The minimum absolute atomic E-state index is 0.0355. The number of amides is 1. The molecule has 7 heteroatoms. The van der Waals surface area contributed by atoms with Gasteiger partial charge in [0.1, 0.15) is 11.3 Å². The standard InChI is InChI=1S/C25H24BrNO5/c1-3-5-12-27-22(15-6-9-18(10-7-15)31-4-2)21(24(29)25(27)30)23(28)20-14-16-13-17(26)8-11-19(16)32-20/h6-11,13-14,22,29H,3-5,12H2,1-2H3. The number of Topliss-reactive ketones (excluding diaryl/α,β-unsaturated/α-hetero) is 1. The van der Waals surface area contributed by atoms with Gasteiger partial charge in [-0.25, -0.2) is 0 Å². The molecule has 2 heterocycles. The Labute approximate surface area is 194 Å². The number of ether oxygens (including phenoxy) is 1. The van der Waals surface area contributed by atoms with E-state index in [1.807, 2.05) is 38.1 Å². The van der Waals surface area contributed by atoms with Crippen LogP contribution in [0.15, 0.2) is 68.8 Å². The van der Waals surface area contributed by atoms with Gasteiger partial charge in [-0.15, -0.1) is 0 Å². The molecule has 1 unspecified atom stereocenters. The summed E-state index contributed by atoms with van der Waals surface area (Å²) in [6, 6.07) is 13.6. The quantitative estimate of drug-likeness (QED) is 0.387. The number of carbonyl (C=O) groups is 2. The Bertz CT molecular complexity index is 1190. The second kappa shape index (κ2) is 9.20. The number of unbranched alkanes of at least 4 members (excludes halogenated alkanes) is 1. The molecule has 3 aromatic rings. The largest absolute Gasteiger partial charge is 0.503 e. The van der Waals surface area contributed by atoms with Gasteiger partial charge in [-0.2, -0.15) is 0 Å². The number of halogens is 1. The molecule has 0 spiro atoms. The number of furan rings is 1. The van der Waals surface area contributed by atoms with E-state index in [9.17, 15) is 14.7 Å². The molecule has 1 aliphatic heterocycles. The summed E-state index contributed by atoms with van der Waals surface area (Å²) < 4.78 is 12.1. The van der Waals surface area contributed by atoms with E-state index >= 15 is 0 Å². The highest BCUT2D eigenvalue weighted by atomic mass is 79.9. The Morgan fingerprint density at radius 2 is 1.91 bits per heavy atom. The summed E-state index contributed by atoms with van der Waals surface area (Å²) >= 11 is 3.41. The molecule has 1 N–H and O–H groups in total. The third-order valence-electron chi connectivity index (χ3n) is 5.51. The molecule has 1 atom stereocenters. The number of aliphatic hydroxyl groups is 1. The number of nitrogens with zero attached hydrogens (tertiary/aromatic N) is 1. The van der Waals surface area contributed by atoms with Crippen LogP contribution in [0.4, 0.5) is 0 Å². The molecule has 1 aromatic heterocycles. The predicted molar refractivity (Wildman–Crippen MR) is 125 cm³/mol. The van der Waals surface area contributed by atoms with E-state index in [1.165, 1.54) is 0 Å². The zero-order valence-corrected chi connectivity index (χ0v) is 19.5. The van der Waals surface area contributed by atoms with Gasteiger partial charge >= 0.3 is 0 Å². The summed E-state index contributed by atoms with van der Waals surface area (Å²) in [5, 5.41) is 11.5. The molecule has 1 aliphatic rings. The van der Waals surface area contributed by atoms with Gasteiger partial charge in [0.2, 0.25) is 5.78 Å². The fourth-order valence-corrected chi connectivity index (χ4v) is 4.34. The summed E-state index contributed by atoms with van der Waals surface area (Å²) in [6.07, 6.45) is 1.63. The highest BCUT2D eigenvalue weighted by molar-refractivity contribution is 9.10. The van der Waals surface area contributed by atoms with Crippen LogP contribution in [0.25, 0.3) is 11.0 Å². The summed E-state index contributed by atoms with van der Waals surface area (Å²) in [5.41, 5.74) is 1.32. The Kier molecular flexibility index (Phi) is 6.37. The van der Waals surface area contributed by atoms with E-state index in [1.54, 1.807) is 29.2 Å².